The largest absolute Gasteiger partial charge is 0.353 e. The van der Waals surface area contributed by atoms with Gasteiger partial charge in [-0.3, -0.25) is 10.1 Å². The first kappa shape index (κ1) is 17.3. The number of piperazine rings is 1. The normalized spacial score (nSPS) is 23.3. The molecule has 2 saturated heterocycles. The summed E-state index contributed by atoms with van der Waals surface area (Å²) in [6.07, 6.45) is 3.58. The molecule has 1 amide bonds. The summed E-state index contributed by atoms with van der Waals surface area (Å²) in [5, 5.41) is 4.16. The zero-order valence-electron chi connectivity index (χ0n) is 14.6. The summed E-state index contributed by atoms with van der Waals surface area (Å²) in [5.74, 6) is 1.15. The molecule has 2 aliphatic heterocycles. The Kier molecular flexibility index (Phi) is 5.09. The number of carbonyl (C=O) groups excluding carboxylic acids is 1. The Balaban J connectivity index is 1.32. The van der Waals surface area contributed by atoms with Gasteiger partial charge in [-0.2, -0.15) is 0 Å². The van der Waals surface area contributed by atoms with E-state index in [4.69, 9.17) is 11.6 Å². The second kappa shape index (κ2) is 7.64. The maximum atomic E-state index is 12.9. The molecule has 1 aromatic carbocycles. The number of pyridine rings is 1. The van der Waals surface area contributed by atoms with Gasteiger partial charge >= 0.3 is 0 Å². The van der Waals surface area contributed by atoms with Crippen molar-refractivity contribution in [3.63, 3.8) is 0 Å². The van der Waals surface area contributed by atoms with Crippen LogP contribution in [0, 0.1) is 0 Å². The molecular formula is C20H23ClN4O. The lowest BCUT2D eigenvalue weighted by Crippen LogP contribution is -2.53. The summed E-state index contributed by atoms with van der Waals surface area (Å²) < 4.78 is 0. The van der Waals surface area contributed by atoms with Crippen molar-refractivity contribution in [2.75, 3.05) is 31.1 Å². The van der Waals surface area contributed by atoms with Crippen molar-refractivity contribution in [2.24, 2.45) is 0 Å². The van der Waals surface area contributed by atoms with Crippen molar-refractivity contribution in [1.82, 2.24) is 15.2 Å². The fourth-order valence-electron chi connectivity index (χ4n) is 3.82. The maximum Gasteiger partial charge on any atom is 0.239 e. The molecule has 1 aromatic heterocycles. The Hall–Kier alpha value is -2.11. The molecule has 5 nitrogen and oxygen atoms in total. The predicted molar refractivity (Wildman–Crippen MR) is 103 cm³/mol. The molecule has 0 bridgehead atoms. The van der Waals surface area contributed by atoms with E-state index < -0.39 is 0 Å². The molecule has 2 fully saturated rings. The van der Waals surface area contributed by atoms with E-state index >= 15 is 0 Å². The zero-order chi connectivity index (χ0) is 17.9. The number of carbonyl (C=O) groups is 1. The second-order valence-electron chi connectivity index (χ2n) is 6.91. The highest BCUT2D eigenvalue weighted by Gasteiger charge is 2.33. The highest BCUT2D eigenvalue weighted by atomic mass is 35.5. The predicted octanol–water partition coefficient (Wildman–Crippen LogP) is 2.88. The van der Waals surface area contributed by atoms with Crippen LogP contribution in [0.15, 0.2) is 48.7 Å². The van der Waals surface area contributed by atoms with Crippen molar-refractivity contribution in [3.05, 3.63) is 59.2 Å². The Morgan fingerprint density at radius 1 is 1.04 bits per heavy atom. The molecule has 6 heteroatoms. The van der Waals surface area contributed by atoms with Crippen LogP contribution in [-0.2, 0) is 4.79 Å². The molecule has 4 rings (SSSR count). The van der Waals surface area contributed by atoms with Crippen molar-refractivity contribution in [2.45, 2.75) is 24.9 Å². The number of benzene rings is 1. The monoisotopic (exact) mass is 370 g/mol. The first-order chi connectivity index (χ1) is 12.7. The Morgan fingerprint density at radius 2 is 1.81 bits per heavy atom. The van der Waals surface area contributed by atoms with Crippen LogP contribution < -0.4 is 10.2 Å². The van der Waals surface area contributed by atoms with Crippen LogP contribution in [0.25, 0.3) is 0 Å². The minimum Gasteiger partial charge on any atom is -0.353 e. The number of amides is 1. The van der Waals surface area contributed by atoms with E-state index in [1.807, 2.05) is 23.1 Å². The van der Waals surface area contributed by atoms with Crippen LogP contribution >= 0.6 is 11.6 Å². The average Bonchev–Trinajstić information content (AvgIpc) is 3.19. The first-order valence-electron chi connectivity index (χ1n) is 9.17. The topological polar surface area (TPSA) is 48.5 Å². The van der Waals surface area contributed by atoms with Gasteiger partial charge in [0.1, 0.15) is 5.82 Å². The fraction of sp³-hybridized carbons (Fsp3) is 0.400. The molecular weight excluding hydrogens is 348 g/mol. The van der Waals surface area contributed by atoms with Gasteiger partial charge in [-0.15, -0.1) is 0 Å². The third-order valence-corrected chi connectivity index (χ3v) is 5.50. The van der Waals surface area contributed by atoms with Crippen molar-refractivity contribution in [3.8, 4) is 0 Å². The molecule has 26 heavy (non-hydrogen) atoms. The number of anilines is 1. The fourth-order valence-corrected chi connectivity index (χ4v) is 3.93. The van der Waals surface area contributed by atoms with E-state index in [-0.39, 0.29) is 18.0 Å². The van der Waals surface area contributed by atoms with E-state index in [1.165, 1.54) is 5.56 Å². The summed E-state index contributed by atoms with van der Waals surface area (Å²) in [5.41, 5.74) is 1.27. The third kappa shape index (κ3) is 3.69. The molecule has 1 N–H and O–H groups in total. The smallest absolute Gasteiger partial charge is 0.239 e. The highest BCUT2D eigenvalue weighted by molar-refractivity contribution is 6.30. The van der Waals surface area contributed by atoms with E-state index in [2.05, 4.69) is 39.5 Å². The minimum absolute atomic E-state index is 0.0691. The number of nitrogens with zero attached hydrogens (tertiary/aromatic N) is 3. The van der Waals surface area contributed by atoms with Gasteiger partial charge in [-0.05, 0) is 30.5 Å². The van der Waals surface area contributed by atoms with Crippen molar-refractivity contribution in [1.29, 1.82) is 0 Å². The van der Waals surface area contributed by atoms with Gasteiger partial charge in [0, 0.05) is 38.4 Å². The number of hydrogen-bond donors (Lipinski definition) is 1. The summed E-state index contributed by atoms with van der Waals surface area (Å²) in [6, 6.07) is 14.4. The molecule has 2 aliphatic rings. The van der Waals surface area contributed by atoms with Gasteiger partial charge in [0.25, 0.3) is 0 Å². The molecule has 3 heterocycles. The lowest BCUT2D eigenvalue weighted by molar-refractivity contribution is -0.133. The molecule has 136 valence electrons. The molecule has 2 atom stereocenters. The standard InChI is InChI=1S/C20H23ClN4O/c21-16-6-9-19(22-14-16)24-10-12-25(13-11-24)20(26)18-8-7-17(23-18)15-4-2-1-3-5-15/h1-6,9,14,17-18,23H,7-8,10-13H2/t17-,18-/m1/s1. The van der Waals surface area contributed by atoms with E-state index in [1.54, 1.807) is 6.20 Å². The molecule has 0 spiro atoms. The minimum atomic E-state index is -0.0691. The number of hydrogen-bond acceptors (Lipinski definition) is 4. The van der Waals surface area contributed by atoms with Gasteiger partial charge in [0.2, 0.25) is 5.91 Å². The van der Waals surface area contributed by atoms with Gasteiger partial charge < -0.3 is 9.80 Å². The van der Waals surface area contributed by atoms with Gasteiger partial charge in [0.05, 0.1) is 11.1 Å². The maximum absolute atomic E-state index is 12.9. The zero-order valence-corrected chi connectivity index (χ0v) is 15.4. The summed E-state index contributed by atoms with van der Waals surface area (Å²) >= 11 is 5.90. The van der Waals surface area contributed by atoms with E-state index in [0.717, 1.165) is 44.8 Å². The van der Waals surface area contributed by atoms with Crippen LogP contribution in [0.4, 0.5) is 5.82 Å². The summed E-state index contributed by atoms with van der Waals surface area (Å²) in [7, 11) is 0. The summed E-state index contributed by atoms with van der Waals surface area (Å²) in [6.45, 7) is 3.07. The Labute approximate surface area is 159 Å². The number of rotatable bonds is 3. The van der Waals surface area contributed by atoms with Gasteiger partial charge in [-0.25, -0.2) is 4.98 Å². The van der Waals surface area contributed by atoms with Crippen LogP contribution in [0.1, 0.15) is 24.4 Å². The third-order valence-electron chi connectivity index (χ3n) is 5.27. The number of aromatic nitrogens is 1. The molecule has 0 aliphatic carbocycles. The van der Waals surface area contributed by atoms with Gasteiger partial charge in [-0.1, -0.05) is 41.9 Å². The van der Waals surface area contributed by atoms with Crippen LogP contribution in [0.2, 0.25) is 5.02 Å². The average molecular weight is 371 g/mol. The molecule has 2 aromatic rings. The lowest BCUT2D eigenvalue weighted by Gasteiger charge is -2.36. The quantitative estimate of drug-likeness (QED) is 0.902. The summed E-state index contributed by atoms with van der Waals surface area (Å²) in [4.78, 5) is 21.4. The first-order valence-corrected chi connectivity index (χ1v) is 9.55. The molecule has 0 radical (unpaired) electrons. The van der Waals surface area contributed by atoms with Crippen molar-refractivity contribution >= 4 is 23.3 Å². The van der Waals surface area contributed by atoms with E-state index in [9.17, 15) is 4.79 Å². The van der Waals surface area contributed by atoms with Crippen LogP contribution in [0.3, 0.4) is 0 Å². The number of nitrogens with one attached hydrogen (secondary N) is 1. The molecule has 0 saturated carbocycles. The van der Waals surface area contributed by atoms with Crippen LogP contribution in [-0.4, -0.2) is 48.0 Å². The van der Waals surface area contributed by atoms with Crippen molar-refractivity contribution < 1.29 is 4.79 Å². The SMILES string of the molecule is O=C([C@H]1CC[C@H](c2ccccc2)N1)N1CCN(c2ccc(Cl)cn2)CC1. The highest BCUT2D eigenvalue weighted by Crippen LogP contribution is 2.27. The van der Waals surface area contributed by atoms with Crippen LogP contribution in [0.5, 0.6) is 0 Å². The lowest BCUT2D eigenvalue weighted by atomic mass is 10.1. The second-order valence-corrected chi connectivity index (χ2v) is 7.34. The molecule has 0 unspecified atom stereocenters. The Morgan fingerprint density at radius 3 is 2.50 bits per heavy atom. The Bertz CT molecular complexity index is 744. The van der Waals surface area contributed by atoms with Gasteiger partial charge in [0.15, 0.2) is 0 Å². The van der Waals surface area contributed by atoms with E-state index in [0.29, 0.717) is 5.02 Å². The number of halogens is 1.